The highest BCUT2D eigenvalue weighted by Gasteiger charge is 2.16. The molecule has 5 rings (SSSR count). The lowest BCUT2D eigenvalue weighted by atomic mass is 10.0. The Hall–Kier alpha value is -4.32. The third-order valence-electron chi connectivity index (χ3n) is 5.12. The number of hydrogen-bond acceptors (Lipinski definition) is 5. The fourth-order valence-corrected chi connectivity index (χ4v) is 4.10. The largest absolute Gasteiger partial charge is 0.454 e. The minimum Gasteiger partial charge on any atom is -0.454 e. The van der Waals surface area contributed by atoms with Gasteiger partial charge in [0.2, 0.25) is 5.69 Å². The van der Waals surface area contributed by atoms with Crippen molar-refractivity contribution in [3.8, 4) is 34.4 Å². The van der Waals surface area contributed by atoms with E-state index < -0.39 is 16.9 Å². The number of benzene rings is 3. The molecule has 0 amide bonds. The van der Waals surface area contributed by atoms with Gasteiger partial charge in [0, 0.05) is 22.7 Å². The zero-order chi connectivity index (χ0) is 23.8. The van der Waals surface area contributed by atoms with Gasteiger partial charge in [-0.2, -0.15) is 9.94 Å². The monoisotopic (exact) mass is 489 g/mol. The molecule has 166 valence electrons. The van der Waals surface area contributed by atoms with Gasteiger partial charge in [-0.05, 0) is 35.9 Å². The Morgan fingerprint density at radius 1 is 1.00 bits per heavy atom. The highest BCUT2D eigenvalue weighted by Crippen LogP contribution is 2.39. The summed E-state index contributed by atoms with van der Waals surface area (Å²) in [5, 5.41) is 14.0. The van der Waals surface area contributed by atoms with Crippen LogP contribution in [0.5, 0.6) is 11.5 Å². The van der Waals surface area contributed by atoms with Crippen LogP contribution in [-0.2, 0) is 0 Å². The first-order valence-electron chi connectivity index (χ1n) is 9.92. The molecule has 0 aliphatic rings. The molecule has 0 bridgehead atoms. The highest BCUT2D eigenvalue weighted by atomic mass is 35.5. The molecule has 0 unspecified atom stereocenters. The van der Waals surface area contributed by atoms with Crippen LogP contribution in [0.4, 0.5) is 0 Å². The molecule has 2 heterocycles. The van der Waals surface area contributed by atoms with Gasteiger partial charge in [0.05, 0.1) is 15.7 Å². The second kappa shape index (κ2) is 8.56. The van der Waals surface area contributed by atoms with Gasteiger partial charge in [0.1, 0.15) is 11.8 Å². The van der Waals surface area contributed by atoms with Crippen LogP contribution in [0.1, 0.15) is 5.69 Å². The van der Waals surface area contributed by atoms with Crippen molar-refractivity contribution in [3.05, 3.63) is 103 Å². The molecule has 0 saturated carbocycles. The van der Waals surface area contributed by atoms with Gasteiger partial charge in [-0.15, -0.1) is 5.10 Å². The number of nitrogens with zero attached hydrogens (tertiary/aromatic N) is 3. The number of hydrogen-bond donors (Lipinski definition) is 2. The summed E-state index contributed by atoms with van der Waals surface area (Å²) in [6, 6.07) is 19.9. The predicted octanol–water partition coefficient (Wildman–Crippen LogP) is 5.04. The molecule has 0 aliphatic carbocycles. The molecule has 0 spiro atoms. The molecule has 0 fully saturated rings. The number of halogens is 2. The Balaban J connectivity index is 1.53. The topological polar surface area (TPSA) is 117 Å². The highest BCUT2D eigenvalue weighted by molar-refractivity contribution is 6.37. The number of rotatable bonds is 4. The van der Waals surface area contributed by atoms with Gasteiger partial charge >= 0.3 is 5.69 Å². The second-order valence-corrected chi connectivity index (χ2v) is 8.06. The molecule has 0 saturated heterocycles. The fraction of sp³-hybridized carbons (Fsp3) is 0. The van der Waals surface area contributed by atoms with Gasteiger partial charge < -0.3 is 9.72 Å². The van der Waals surface area contributed by atoms with Crippen LogP contribution in [0.15, 0.2) is 76.4 Å². The van der Waals surface area contributed by atoms with Crippen molar-refractivity contribution in [1.29, 1.82) is 5.26 Å². The molecular weight excluding hydrogens is 477 g/mol. The summed E-state index contributed by atoms with van der Waals surface area (Å²) in [6.07, 6.45) is 1.93. The van der Waals surface area contributed by atoms with E-state index in [0.29, 0.717) is 5.75 Å². The molecule has 8 nitrogen and oxygen atoms in total. The first-order chi connectivity index (χ1) is 16.4. The molecule has 5 aromatic rings. The van der Waals surface area contributed by atoms with E-state index in [2.05, 4.69) is 10.1 Å². The van der Waals surface area contributed by atoms with Crippen LogP contribution >= 0.6 is 23.2 Å². The van der Waals surface area contributed by atoms with Crippen LogP contribution in [-0.4, -0.2) is 19.7 Å². The van der Waals surface area contributed by atoms with Crippen LogP contribution in [0.3, 0.4) is 0 Å². The maximum Gasteiger partial charge on any atom is 0.349 e. The normalized spacial score (nSPS) is 10.9. The number of ether oxygens (including phenoxy) is 1. The lowest BCUT2D eigenvalue weighted by Crippen LogP contribution is -2.33. The van der Waals surface area contributed by atoms with Crippen LogP contribution in [0, 0.1) is 11.3 Å². The molecular formula is C24H13Cl2N5O3. The van der Waals surface area contributed by atoms with E-state index in [1.807, 2.05) is 53.6 Å². The molecule has 0 aliphatic heterocycles. The van der Waals surface area contributed by atoms with Gasteiger partial charge in [-0.25, -0.2) is 4.79 Å². The maximum absolute atomic E-state index is 12.2. The van der Waals surface area contributed by atoms with Crippen molar-refractivity contribution >= 4 is 34.1 Å². The van der Waals surface area contributed by atoms with E-state index in [1.165, 1.54) is 12.1 Å². The van der Waals surface area contributed by atoms with Crippen molar-refractivity contribution in [2.75, 3.05) is 0 Å². The van der Waals surface area contributed by atoms with Crippen LogP contribution < -0.4 is 16.0 Å². The number of nitriles is 1. The third-order valence-corrected chi connectivity index (χ3v) is 5.68. The summed E-state index contributed by atoms with van der Waals surface area (Å²) in [5.41, 5.74) is 0.990. The summed E-state index contributed by atoms with van der Waals surface area (Å²) >= 11 is 12.8. The van der Waals surface area contributed by atoms with Crippen molar-refractivity contribution in [2.45, 2.75) is 0 Å². The zero-order valence-electron chi connectivity index (χ0n) is 17.2. The van der Waals surface area contributed by atoms with Gasteiger partial charge in [-0.3, -0.25) is 9.78 Å². The first kappa shape index (κ1) is 21.5. The quantitative estimate of drug-likeness (QED) is 0.366. The number of H-pyrrole nitrogens is 2. The van der Waals surface area contributed by atoms with Gasteiger partial charge in [0.15, 0.2) is 5.75 Å². The Morgan fingerprint density at radius 2 is 1.74 bits per heavy atom. The lowest BCUT2D eigenvalue weighted by Gasteiger charge is -2.12. The summed E-state index contributed by atoms with van der Waals surface area (Å²) < 4.78 is 6.83. The maximum atomic E-state index is 12.2. The standard InChI is InChI=1S/C24H13Cl2N5O3/c25-18-8-14(31-24(33)29-23(32)21(11-27)30-31)9-19(26)22(18)34-15-6-7-20-16(10-15)17(12-28-20)13-4-2-1-3-5-13/h1-10,12,28H,(H,29,32,33). The van der Waals surface area contributed by atoms with Gasteiger partial charge in [0.25, 0.3) is 5.56 Å². The summed E-state index contributed by atoms with van der Waals surface area (Å²) in [6.45, 7) is 0. The fourth-order valence-electron chi connectivity index (χ4n) is 3.55. The molecule has 2 aromatic heterocycles. The van der Waals surface area contributed by atoms with Crippen molar-refractivity contribution in [1.82, 2.24) is 19.7 Å². The molecule has 0 atom stereocenters. The minimum atomic E-state index is -0.879. The molecule has 3 aromatic carbocycles. The SMILES string of the molecule is N#Cc1nn(-c2cc(Cl)c(Oc3ccc4[nH]cc(-c5ccccc5)c4c3)c(Cl)c2)c(=O)[nH]c1=O. The zero-order valence-corrected chi connectivity index (χ0v) is 18.7. The first-order valence-corrected chi connectivity index (χ1v) is 10.7. The smallest absolute Gasteiger partial charge is 0.349 e. The lowest BCUT2D eigenvalue weighted by molar-refractivity contribution is 0.483. The summed E-state index contributed by atoms with van der Waals surface area (Å²) in [4.78, 5) is 29.1. The molecule has 34 heavy (non-hydrogen) atoms. The average Bonchev–Trinajstić information content (AvgIpc) is 3.25. The summed E-state index contributed by atoms with van der Waals surface area (Å²) in [5.74, 6) is 0.688. The Morgan fingerprint density at radius 3 is 2.44 bits per heavy atom. The van der Waals surface area contributed by atoms with Crippen LogP contribution in [0.2, 0.25) is 10.0 Å². The summed E-state index contributed by atoms with van der Waals surface area (Å²) in [7, 11) is 0. The minimum absolute atomic E-state index is 0.110. The number of aromatic amines is 2. The van der Waals surface area contributed by atoms with E-state index in [0.717, 1.165) is 26.7 Å². The van der Waals surface area contributed by atoms with Crippen molar-refractivity contribution in [2.24, 2.45) is 0 Å². The molecule has 0 radical (unpaired) electrons. The van der Waals surface area contributed by atoms with Gasteiger partial charge in [-0.1, -0.05) is 53.5 Å². The Kier molecular flexibility index (Phi) is 5.42. The number of fused-ring (bicyclic) bond motifs is 1. The second-order valence-electron chi connectivity index (χ2n) is 7.25. The van der Waals surface area contributed by atoms with Crippen LogP contribution in [0.25, 0.3) is 27.7 Å². The Bertz CT molecular complexity index is 1690. The third kappa shape index (κ3) is 3.83. The average molecular weight is 490 g/mol. The van der Waals surface area contributed by atoms with Crippen molar-refractivity contribution < 1.29 is 4.74 Å². The molecule has 10 heteroatoms. The van der Waals surface area contributed by atoms with E-state index in [-0.39, 0.29) is 21.5 Å². The number of nitrogens with one attached hydrogen (secondary N) is 2. The Labute approximate surface area is 201 Å². The number of aromatic nitrogens is 4. The van der Waals surface area contributed by atoms with E-state index in [1.54, 1.807) is 12.1 Å². The predicted molar refractivity (Wildman–Crippen MR) is 129 cm³/mol. The van der Waals surface area contributed by atoms with Crippen molar-refractivity contribution in [3.63, 3.8) is 0 Å². The molecule has 2 N–H and O–H groups in total. The van der Waals surface area contributed by atoms with E-state index >= 15 is 0 Å². The van der Waals surface area contributed by atoms with E-state index in [9.17, 15) is 9.59 Å². The van der Waals surface area contributed by atoms with E-state index in [4.69, 9.17) is 33.2 Å².